The largest absolute Gasteiger partial charge is 0.449 e. The molecule has 112 valence electrons. The zero-order chi connectivity index (χ0) is 14.5. The van der Waals surface area contributed by atoms with Crippen LogP contribution in [0.15, 0.2) is 15.9 Å². The lowest BCUT2D eigenvalue weighted by molar-refractivity contribution is 0.0678. The van der Waals surface area contributed by atoms with E-state index in [9.17, 15) is 4.79 Å². The molecular weight excluding hydrogens is 340 g/mol. The Hall–Kier alpha value is -0.590. The molecule has 6 heteroatoms. The van der Waals surface area contributed by atoms with E-state index in [1.54, 1.807) is 11.3 Å². The van der Waals surface area contributed by atoms with Crippen molar-refractivity contribution < 1.29 is 9.53 Å². The van der Waals surface area contributed by atoms with Crippen molar-refractivity contribution in [1.29, 1.82) is 0 Å². The summed E-state index contributed by atoms with van der Waals surface area (Å²) in [6, 6.07) is 4.23. The second-order valence-electron chi connectivity index (χ2n) is 5.44. The fourth-order valence-electron chi connectivity index (χ4n) is 2.07. The van der Waals surface area contributed by atoms with Crippen LogP contribution in [0, 0.1) is 5.92 Å². The molecule has 2 heterocycles. The highest BCUT2D eigenvalue weighted by Gasteiger charge is 2.22. The van der Waals surface area contributed by atoms with Gasteiger partial charge in [0.2, 0.25) is 0 Å². The summed E-state index contributed by atoms with van der Waals surface area (Å²) in [5.74, 6) is 0.387. The van der Waals surface area contributed by atoms with Crippen LogP contribution in [0.5, 0.6) is 0 Å². The number of thiophene rings is 1. The molecule has 0 aliphatic carbocycles. The van der Waals surface area contributed by atoms with Gasteiger partial charge >= 0.3 is 6.09 Å². The molecule has 1 aromatic heterocycles. The minimum Gasteiger partial charge on any atom is -0.449 e. The summed E-state index contributed by atoms with van der Waals surface area (Å²) >= 11 is 5.25. The minimum absolute atomic E-state index is 0.169. The van der Waals surface area contributed by atoms with Gasteiger partial charge in [0.15, 0.2) is 0 Å². The monoisotopic (exact) mass is 360 g/mol. The van der Waals surface area contributed by atoms with Gasteiger partial charge in [-0.1, -0.05) is 13.8 Å². The van der Waals surface area contributed by atoms with Crippen molar-refractivity contribution >= 4 is 33.4 Å². The predicted molar refractivity (Wildman–Crippen MR) is 85.1 cm³/mol. The summed E-state index contributed by atoms with van der Waals surface area (Å²) in [4.78, 5) is 17.4. The normalized spacial score (nSPS) is 16.7. The molecule has 0 spiro atoms. The van der Waals surface area contributed by atoms with Crippen LogP contribution in [0.2, 0.25) is 0 Å². The molecule has 1 fully saturated rings. The van der Waals surface area contributed by atoms with E-state index in [0.29, 0.717) is 12.5 Å². The van der Waals surface area contributed by atoms with Crippen molar-refractivity contribution in [3.05, 3.63) is 20.8 Å². The highest BCUT2D eigenvalue weighted by atomic mass is 79.9. The number of piperazine rings is 1. The molecular formula is C14H21BrN2O2S. The van der Waals surface area contributed by atoms with Crippen molar-refractivity contribution in [1.82, 2.24) is 9.80 Å². The van der Waals surface area contributed by atoms with Crippen LogP contribution in [0.3, 0.4) is 0 Å². The second kappa shape index (κ2) is 7.43. The number of hydrogen-bond acceptors (Lipinski definition) is 4. The fraction of sp³-hybridized carbons (Fsp3) is 0.643. The molecule has 1 aromatic rings. The predicted octanol–water partition coefficient (Wildman–Crippen LogP) is 3.42. The molecule has 0 aromatic carbocycles. The van der Waals surface area contributed by atoms with Crippen LogP contribution in [0.25, 0.3) is 0 Å². The lowest BCUT2D eigenvalue weighted by atomic mass is 10.2. The van der Waals surface area contributed by atoms with E-state index in [1.807, 2.05) is 18.7 Å². The number of ether oxygens (including phenoxy) is 1. The van der Waals surface area contributed by atoms with Crippen molar-refractivity contribution in [3.8, 4) is 0 Å². The molecule has 0 radical (unpaired) electrons. The number of hydrogen-bond donors (Lipinski definition) is 0. The van der Waals surface area contributed by atoms with Gasteiger partial charge in [-0.15, -0.1) is 11.3 Å². The first-order valence-corrected chi connectivity index (χ1v) is 8.54. The average molecular weight is 361 g/mol. The van der Waals surface area contributed by atoms with Gasteiger partial charge in [0, 0.05) is 37.6 Å². The van der Waals surface area contributed by atoms with Gasteiger partial charge in [-0.25, -0.2) is 4.79 Å². The van der Waals surface area contributed by atoms with Crippen LogP contribution < -0.4 is 0 Å². The van der Waals surface area contributed by atoms with Gasteiger partial charge in [0.25, 0.3) is 0 Å². The van der Waals surface area contributed by atoms with Crippen LogP contribution >= 0.6 is 27.3 Å². The van der Waals surface area contributed by atoms with E-state index in [4.69, 9.17) is 4.74 Å². The first kappa shape index (κ1) is 15.8. The molecule has 0 saturated carbocycles. The molecule has 1 saturated heterocycles. The van der Waals surface area contributed by atoms with Crippen molar-refractivity contribution in [2.45, 2.75) is 20.4 Å². The van der Waals surface area contributed by atoms with Crippen LogP contribution in [-0.2, 0) is 11.3 Å². The third-order valence-electron chi connectivity index (χ3n) is 3.18. The zero-order valence-corrected chi connectivity index (χ0v) is 14.4. The quantitative estimate of drug-likeness (QED) is 0.824. The Morgan fingerprint density at radius 2 is 2.05 bits per heavy atom. The lowest BCUT2D eigenvalue weighted by Gasteiger charge is -2.33. The molecule has 2 rings (SSSR count). The van der Waals surface area contributed by atoms with Gasteiger partial charge in [-0.3, -0.25) is 4.90 Å². The maximum Gasteiger partial charge on any atom is 0.409 e. The number of amides is 1. The molecule has 1 aliphatic heterocycles. The highest BCUT2D eigenvalue weighted by Crippen LogP contribution is 2.23. The average Bonchev–Trinajstić information content (AvgIpc) is 2.82. The smallest absolute Gasteiger partial charge is 0.409 e. The van der Waals surface area contributed by atoms with Crippen LogP contribution in [0.4, 0.5) is 4.79 Å². The molecule has 0 unspecified atom stereocenters. The molecule has 1 aliphatic rings. The Bertz CT molecular complexity index is 442. The molecule has 0 bridgehead atoms. The van der Waals surface area contributed by atoms with E-state index in [-0.39, 0.29) is 6.09 Å². The Kier molecular flexibility index (Phi) is 5.86. The molecule has 0 N–H and O–H groups in total. The van der Waals surface area contributed by atoms with E-state index < -0.39 is 0 Å². The Labute approximate surface area is 132 Å². The number of carbonyl (C=O) groups is 1. The SMILES string of the molecule is CC(C)COC(=O)N1CCN(Cc2ccc(Br)s2)CC1. The van der Waals surface area contributed by atoms with Crippen LogP contribution in [0.1, 0.15) is 18.7 Å². The van der Waals surface area contributed by atoms with Gasteiger partial charge in [0.1, 0.15) is 0 Å². The number of nitrogens with zero attached hydrogens (tertiary/aromatic N) is 2. The fourth-order valence-corrected chi connectivity index (χ4v) is 3.60. The van der Waals surface area contributed by atoms with E-state index in [1.165, 1.54) is 8.66 Å². The maximum atomic E-state index is 11.9. The Morgan fingerprint density at radius 1 is 1.35 bits per heavy atom. The summed E-state index contributed by atoms with van der Waals surface area (Å²) in [7, 11) is 0. The third-order valence-corrected chi connectivity index (χ3v) is 4.79. The van der Waals surface area contributed by atoms with Crippen molar-refractivity contribution in [2.75, 3.05) is 32.8 Å². The minimum atomic E-state index is -0.169. The molecule has 1 amide bonds. The highest BCUT2D eigenvalue weighted by molar-refractivity contribution is 9.11. The van der Waals surface area contributed by atoms with Crippen LogP contribution in [-0.4, -0.2) is 48.7 Å². The number of halogens is 1. The summed E-state index contributed by atoms with van der Waals surface area (Å²) in [6.07, 6.45) is -0.169. The molecule has 4 nitrogen and oxygen atoms in total. The summed E-state index contributed by atoms with van der Waals surface area (Å²) < 4.78 is 6.43. The number of carbonyl (C=O) groups excluding carboxylic acids is 1. The van der Waals surface area contributed by atoms with Gasteiger partial charge < -0.3 is 9.64 Å². The maximum absolute atomic E-state index is 11.9. The van der Waals surface area contributed by atoms with E-state index in [2.05, 4.69) is 33.0 Å². The summed E-state index contributed by atoms with van der Waals surface area (Å²) in [5.41, 5.74) is 0. The van der Waals surface area contributed by atoms with Crippen molar-refractivity contribution in [2.24, 2.45) is 5.92 Å². The lowest BCUT2D eigenvalue weighted by Crippen LogP contribution is -2.48. The number of rotatable bonds is 4. The Morgan fingerprint density at radius 3 is 2.60 bits per heavy atom. The van der Waals surface area contributed by atoms with Gasteiger partial charge in [0.05, 0.1) is 10.4 Å². The standard InChI is InChI=1S/C14H21BrN2O2S/c1-11(2)10-19-14(18)17-7-5-16(6-8-17)9-12-3-4-13(15)20-12/h3-4,11H,5-10H2,1-2H3. The molecule has 20 heavy (non-hydrogen) atoms. The first-order chi connectivity index (χ1) is 9.54. The Balaban J connectivity index is 1.73. The van der Waals surface area contributed by atoms with Gasteiger partial charge in [-0.05, 0) is 34.0 Å². The first-order valence-electron chi connectivity index (χ1n) is 6.93. The van der Waals surface area contributed by atoms with E-state index >= 15 is 0 Å². The summed E-state index contributed by atoms with van der Waals surface area (Å²) in [5, 5.41) is 0. The zero-order valence-electron chi connectivity index (χ0n) is 12.0. The van der Waals surface area contributed by atoms with E-state index in [0.717, 1.165) is 32.7 Å². The topological polar surface area (TPSA) is 32.8 Å². The second-order valence-corrected chi connectivity index (χ2v) is 7.99. The van der Waals surface area contributed by atoms with Gasteiger partial charge in [-0.2, -0.15) is 0 Å². The third kappa shape index (κ3) is 4.75. The molecule has 0 atom stereocenters. The van der Waals surface area contributed by atoms with Crippen molar-refractivity contribution in [3.63, 3.8) is 0 Å². The summed E-state index contributed by atoms with van der Waals surface area (Å²) in [6.45, 7) is 8.88.